The highest BCUT2D eigenvalue weighted by Gasteiger charge is 2.17. The summed E-state index contributed by atoms with van der Waals surface area (Å²) in [4.78, 5) is 23.0. The van der Waals surface area contributed by atoms with E-state index in [1.807, 2.05) is 43.3 Å². The smallest absolute Gasteiger partial charge is 0.271 e. The highest BCUT2D eigenvalue weighted by atomic mass is 32.1. The molecule has 0 aliphatic carbocycles. The monoisotopic (exact) mass is 351 g/mol. The van der Waals surface area contributed by atoms with Gasteiger partial charge in [0.15, 0.2) is 0 Å². The zero-order chi connectivity index (χ0) is 17.6. The first kappa shape index (κ1) is 15.9. The molecule has 0 fully saturated rings. The van der Waals surface area contributed by atoms with Gasteiger partial charge in [0, 0.05) is 10.9 Å². The lowest BCUT2D eigenvalue weighted by Crippen LogP contribution is -2.24. The van der Waals surface area contributed by atoms with Crippen molar-refractivity contribution in [2.45, 2.75) is 20.4 Å². The van der Waals surface area contributed by atoms with Crippen LogP contribution < -0.4 is 5.56 Å². The number of nitrogens with zero attached hydrogens (tertiary/aromatic N) is 3. The number of fused-ring (bicyclic) bond motifs is 3. The minimum absolute atomic E-state index is 0.0890. The van der Waals surface area contributed by atoms with Crippen molar-refractivity contribution in [2.75, 3.05) is 6.61 Å². The highest BCUT2D eigenvalue weighted by molar-refractivity contribution is 7.25. The van der Waals surface area contributed by atoms with Gasteiger partial charge in [-0.1, -0.05) is 30.3 Å². The van der Waals surface area contributed by atoms with Gasteiger partial charge in [0.2, 0.25) is 0 Å². The van der Waals surface area contributed by atoms with E-state index in [2.05, 4.69) is 4.98 Å². The normalized spacial score (nSPS) is 11.5. The van der Waals surface area contributed by atoms with E-state index >= 15 is 0 Å². The summed E-state index contributed by atoms with van der Waals surface area (Å²) in [6.07, 6.45) is 0. The fraction of sp³-hybridized carbons (Fsp3) is 0.211. The second-order valence-electron chi connectivity index (χ2n) is 5.99. The molecular weight excluding hydrogens is 334 g/mol. The second-order valence-corrected chi connectivity index (χ2v) is 6.99. The van der Waals surface area contributed by atoms with Crippen molar-refractivity contribution in [1.29, 1.82) is 0 Å². The van der Waals surface area contributed by atoms with Crippen molar-refractivity contribution < 1.29 is 5.11 Å². The van der Waals surface area contributed by atoms with Crippen LogP contribution in [0.2, 0.25) is 0 Å². The molecule has 4 rings (SSSR count). The lowest BCUT2D eigenvalue weighted by atomic mass is 10.1. The molecule has 0 unspecified atom stereocenters. The molecule has 3 aromatic heterocycles. The summed E-state index contributed by atoms with van der Waals surface area (Å²) in [5, 5.41) is 10.1. The third-order valence-corrected chi connectivity index (χ3v) is 5.39. The minimum atomic E-state index is -0.111. The number of rotatable bonds is 3. The van der Waals surface area contributed by atoms with E-state index in [0.29, 0.717) is 16.0 Å². The van der Waals surface area contributed by atoms with Crippen LogP contribution in [0.3, 0.4) is 0 Å². The maximum atomic E-state index is 12.8. The number of hydrogen-bond acceptors (Lipinski definition) is 5. The Morgan fingerprint density at radius 3 is 2.64 bits per heavy atom. The predicted molar refractivity (Wildman–Crippen MR) is 101 cm³/mol. The van der Waals surface area contributed by atoms with Crippen molar-refractivity contribution in [3.8, 4) is 11.3 Å². The first-order valence-corrected chi connectivity index (χ1v) is 8.89. The summed E-state index contributed by atoms with van der Waals surface area (Å²) >= 11 is 1.37. The van der Waals surface area contributed by atoms with Crippen LogP contribution in [0, 0.1) is 13.8 Å². The molecule has 6 heteroatoms. The molecule has 0 saturated heterocycles. The van der Waals surface area contributed by atoms with Crippen LogP contribution in [0.25, 0.3) is 31.7 Å². The van der Waals surface area contributed by atoms with Crippen molar-refractivity contribution in [3.05, 3.63) is 58.1 Å². The second kappa shape index (κ2) is 6.06. The molecule has 126 valence electrons. The Balaban J connectivity index is 2.04. The van der Waals surface area contributed by atoms with E-state index < -0.39 is 0 Å². The van der Waals surface area contributed by atoms with E-state index in [4.69, 9.17) is 4.98 Å². The molecule has 0 atom stereocenters. The van der Waals surface area contributed by atoms with E-state index in [1.54, 1.807) is 6.92 Å². The molecule has 0 aliphatic rings. The van der Waals surface area contributed by atoms with Gasteiger partial charge < -0.3 is 5.11 Å². The molecule has 0 amide bonds. The lowest BCUT2D eigenvalue weighted by Gasteiger charge is -2.07. The Morgan fingerprint density at radius 1 is 1.16 bits per heavy atom. The molecule has 4 aromatic rings. The van der Waals surface area contributed by atoms with Crippen LogP contribution in [0.5, 0.6) is 0 Å². The van der Waals surface area contributed by atoms with Crippen molar-refractivity contribution in [2.24, 2.45) is 0 Å². The Labute approximate surface area is 148 Å². The zero-order valence-corrected chi connectivity index (χ0v) is 14.8. The predicted octanol–water partition coefficient (Wildman–Crippen LogP) is 3.28. The Hall–Kier alpha value is -2.57. The van der Waals surface area contributed by atoms with Gasteiger partial charge in [0.25, 0.3) is 5.56 Å². The van der Waals surface area contributed by atoms with Gasteiger partial charge >= 0.3 is 0 Å². The fourth-order valence-electron chi connectivity index (χ4n) is 3.13. The van der Waals surface area contributed by atoms with Gasteiger partial charge in [0.05, 0.1) is 24.4 Å². The molecule has 3 heterocycles. The number of aliphatic hydroxyl groups is 1. The van der Waals surface area contributed by atoms with Crippen LogP contribution in [0.15, 0.2) is 41.2 Å². The van der Waals surface area contributed by atoms with Crippen LogP contribution >= 0.6 is 11.3 Å². The SMILES string of the molecule is Cc1cc(-c2ccccc2)nc2sc3c(=O)n(CCO)c(C)nc3c12. The number of aromatic nitrogens is 3. The summed E-state index contributed by atoms with van der Waals surface area (Å²) in [5.74, 6) is 0.609. The summed E-state index contributed by atoms with van der Waals surface area (Å²) in [7, 11) is 0. The van der Waals surface area contributed by atoms with Crippen molar-refractivity contribution in [3.63, 3.8) is 0 Å². The molecule has 25 heavy (non-hydrogen) atoms. The molecule has 0 spiro atoms. The Bertz CT molecular complexity index is 1150. The number of thiophene rings is 1. The lowest BCUT2D eigenvalue weighted by molar-refractivity contribution is 0.272. The van der Waals surface area contributed by atoms with E-state index in [1.165, 1.54) is 15.9 Å². The summed E-state index contributed by atoms with van der Waals surface area (Å²) < 4.78 is 2.11. The number of benzene rings is 1. The van der Waals surface area contributed by atoms with Crippen molar-refractivity contribution in [1.82, 2.24) is 14.5 Å². The van der Waals surface area contributed by atoms with Gasteiger partial charge in [-0.05, 0) is 25.5 Å². The molecule has 1 N–H and O–H groups in total. The average molecular weight is 351 g/mol. The zero-order valence-electron chi connectivity index (χ0n) is 14.0. The first-order valence-electron chi connectivity index (χ1n) is 8.07. The number of aliphatic hydroxyl groups excluding tert-OH is 1. The summed E-state index contributed by atoms with van der Waals surface area (Å²) in [6.45, 7) is 3.98. The molecule has 0 saturated carbocycles. The largest absolute Gasteiger partial charge is 0.395 e. The average Bonchev–Trinajstić information content (AvgIpc) is 2.98. The van der Waals surface area contributed by atoms with Gasteiger partial charge in [-0.3, -0.25) is 9.36 Å². The minimum Gasteiger partial charge on any atom is -0.395 e. The molecule has 1 aromatic carbocycles. The summed E-state index contributed by atoms with van der Waals surface area (Å²) in [5.41, 5.74) is 3.60. The third-order valence-electron chi connectivity index (χ3n) is 4.33. The number of aryl methyl sites for hydroxylation is 2. The van der Waals surface area contributed by atoms with Crippen LogP contribution in [0.4, 0.5) is 0 Å². The maximum absolute atomic E-state index is 12.8. The van der Waals surface area contributed by atoms with Crippen molar-refractivity contribution >= 4 is 31.8 Å². The molecule has 0 aliphatic heterocycles. The highest BCUT2D eigenvalue weighted by Crippen LogP contribution is 2.34. The van der Waals surface area contributed by atoms with Gasteiger partial charge in [-0.15, -0.1) is 11.3 Å². The Morgan fingerprint density at radius 2 is 1.92 bits per heavy atom. The van der Waals surface area contributed by atoms with Gasteiger partial charge in [-0.2, -0.15) is 0 Å². The van der Waals surface area contributed by atoms with E-state index in [0.717, 1.165) is 27.0 Å². The number of hydrogen-bond donors (Lipinski definition) is 1. The maximum Gasteiger partial charge on any atom is 0.271 e. The van der Waals surface area contributed by atoms with Crippen LogP contribution in [-0.2, 0) is 6.54 Å². The summed E-state index contributed by atoms with van der Waals surface area (Å²) in [6, 6.07) is 12.0. The van der Waals surface area contributed by atoms with Gasteiger partial charge in [0.1, 0.15) is 15.4 Å². The topological polar surface area (TPSA) is 68.0 Å². The molecule has 5 nitrogen and oxygen atoms in total. The Kier molecular flexibility index (Phi) is 3.86. The van der Waals surface area contributed by atoms with Gasteiger partial charge in [-0.25, -0.2) is 9.97 Å². The van der Waals surface area contributed by atoms with Crippen LogP contribution in [0.1, 0.15) is 11.4 Å². The molecule has 0 bridgehead atoms. The van der Waals surface area contributed by atoms with Crippen LogP contribution in [-0.4, -0.2) is 26.2 Å². The standard InChI is InChI=1S/C19H17N3O2S/c1-11-10-14(13-6-4-3-5-7-13)21-18-15(11)16-17(25-18)19(24)22(8-9-23)12(2)20-16/h3-7,10,23H,8-9H2,1-2H3. The van der Waals surface area contributed by atoms with E-state index in [-0.39, 0.29) is 18.7 Å². The molecule has 0 radical (unpaired) electrons. The fourth-order valence-corrected chi connectivity index (χ4v) is 4.27. The third kappa shape index (κ3) is 2.54. The van der Waals surface area contributed by atoms with E-state index in [9.17, 15) is 9.90 Å². The number of pyridine rings is 1. The molecular formula is C19H17N3O2S. The first-order chi connectivity index (χ1) is 12.1. The quantitative estimate of drug-likeness (QED) is 0.615.